The molecular formula is C9H11F3N2O2. The Labute approximate surface area is 89.8 Å². The summed E-state index contributed by atoms with van der Waals surface area (Å²) >= 11 is 0. The highest BCUT2D eigenvalue weighted by molar-refractivity contribution is 5.95. The van der Waals surface area contributed by atoms with Gasteiger partial charge in [-0.25, -0.2) is 0 Å². The standard InChI is InChI=1S/C9H11F3N2O2/c10-9(11,12)4-14-6(15)3-13-8(16)7(14)5-1-2-5/h5,7H,1-4H2,(H,13,16). The first-order valence-electron chi connectivity index (χ1n) is 5.02. The number of carbonyl (C=O) groups is 2. The SMILES string of the molecule is O=C1NCC(=O)N(CC(F)(F)F)C1C1CC1. The predicted octanol–water partition coefficient (Wildman–Crippen LogP) is 0.286. The normalized spacial score (nSPS) is 26.9. The fraction of sp³-hybridized carbons (Fsp3) is 0.778. The van der Waals surface area contributed by atoms with Crippen LogP contribution in [0.2, 0.25) is 0 Å². The van der Waals surface area contributed by atoms with Crippen LogP contribution < -0.4 is 5.32 Å². The number of hydrogen-bond donors (Lipinski definition) is 1. The van der Waals surface area contributed by atoms with Crippen molar-refractivity contribution < 1.29 is 22.8 Å². The molecule has 1 saturated heterocycles. The fourth-order valence-electron chi connectivity index (χ4n) is 1.93. The van der Waals surface area contributed by atoms with E-state index in [1.165, 1.54) is 0 Å². The molecule has 1 aliphatic carbocycles. The number of piperazine rings is 1. The van der Waals surface area contributed by atoms with Crippen molar-refractivity contribution in [2.75, 3.05) is 13.1 Å². The Kier molecular flexibility index (Phi) is 2.55. The maximum absolute atomic E-state index is 12.3. The van der Waals surface area contributed by atoms with Gasteiger partial charge in [0.15, 0.2) is 0 Å². The second-order valence-electron chi connectivity index (χ2n) is 4.14. The molecule has 90 valence electrons. The highest BCUT2D eigenvalue weighted by Crippen LogP contribution is 2.37. The van der Waals surface area contributed by atoms with E-state index >= 15 is 0 Å². The Morgan fingerprint density at radius 2 is 1.94 bits per heavy atom. The number of amides is 2. The van der Waals surface area contributed by atoms with Gasteiger partial charge in [-0.15, -0.1) is 0 Å². The smallest absolute Gasteiger partial charge is 0.345 e. The molecule has 0 aromatic carbocycles. The summed E-state index contributed by atoms with van der Waals surface area (Å²) in [5, 5.41) is 2.32. The molecule has 7 heteroatoms. The third-order valence-electron chi connectivity index (χ3n) is 2.76. The first kappa shape index (κ1) is 11.2. The highest BCUT2D eigenvalue weighted by Gasteiger charge is 2.47. The lowest BCUT2D eigenvalue weighted by molar-refractivity contribution is -0.172. The monoisotopic (exact) mass is 236 g/mol. The zero-order valence-corrected chi connectivity index (χ0v) is 8.38. The van der Waals surface area contributed by atoms with E-state index in [2.05, 4.69) is 5.32 Å². The van der Waals surface area contributed by atoms with Crippen molar-refractivity contribution in [3.05, 3.63) is 0 Å². The van der Waals surface area contributed by atoms with Gasteiger partial charge in [0, 0.05) is 0 Å². The minimum absolute atomic E-state index is 0.105. The van der Waals surface area contributed by atoms with E-state index < -0.39 is 30.6 Å². The molecule has 1 unspecified atom stereocenters. The van der Waals surface area contributed by atoms with Crippen molar-refractivity contribution in [2.24, 2.45) is 5.92 Å². The first-order valence-corrected chi connectivity index (χ1v) is 5.02. The van der Waals surface area contributed by atoms with Crippen molar-refractivity contribution in [1.29, 1.82) is 0 Å². The highest BCUT2D eigenvalue weighted by atomic mass is 19.4. The number of rotatable bonds is 2. The molecule has 2 fully saturated rings. The zero-order valence-electron chi connectivity index (χ0n) is 8.38. The molecule has 2 rings (SSSR count). The number of alkyl halides is 3. The number of halogens is 3. The van der Waals surface area contributed by atoms with Crippen molar-refractivity contribution in [1.82, 2.24) is 10.2 Å². The van der Waals surface area contributed by atoms with E-state index in [0.29, 0.717) is 17.7 Å². The van der Waals surface area contributed by atoms with Crippen molar-refractivity contribution >= 4 is 11.8 Å². The van der Waals surface area contributed by atoms with Crippen LogP contribution in [-0.2, 0) is 9.59 Å². The molecule has 16 heavy (non-hydrogen) atoms. The molecule has 1 atom stereocenters. The molecule has 1 heterocycles. The maximum Gasteiger partial charge on any atom is 0.406 e. The maximum atomic E-state index is 12.3. The summed E-state index contributed by atoms with van der Waals surface area (Å²) < 4.78 is 36.8. The Hall–Kier alpha value is -1.27. The number of nitrogens with one attached hydrogen (secondary N) is 1. The summed E-state index contributed by atoms with van der Waals surface area (Å²) in [5.41, 5.74) is 0. The van der Waals surface area contributed by atoms with Crippen LogP contribution in [0.5, 0.6) is 0 Å². The molecule has 4 nitrogen and oxygen atoms in total. The minimum Gasteiger partial charge on any atom is -0.345 e. The molecule has 0 aromatic rings. The molecule has 2 aliphatic rings. The fourth-order valence-corrected chi connectivity index (χ4v) is 1.93. The van der Waals surface area contributed by atoms with Crippen molar-refractivity contribution in [2.45, 2.75) is 25.1 Å². The van der Waals surface area contributed by atoms with Gasteiger partial charge in [0.25, 0.3) is 0 Å². The number of carbonyl (C=O) groups excluding carboxylic acids is 2. The lowest BCUT2D eigenvalue weighted by atomic mass is 10.1. The van der Waals surface area contributed by atoms with Gasteiger partial charge in [0.1, 0.15) is 12.6 Å². The zero-order chi connectivity index (χ0) is 11.9. The van der Waals surface area contributed by atoms with Gasteiger partial charge in [-0.05, 0) is 18.8 Å². The Morgan fingerprint density at radius 1 is 1.31 bits per heavy atom. The Morgan fingerprint density at radius 3 is 2.44 bits per heavy atom. The summed E-state index contributed by atoms with van der Waals surface area (Å²) in [4.78, 5) is 23.5. The number of nitrogens with zero attached hydrogens (tertiary/aromatic N) is 1. The lowest BCUT2D eigenvalue weighted by Gasteiger charge is -2.35. The van der Waals surface area contributed by atoms with Crippen LogP contribution in [0.1, 0.15) is 12.8 Å². The van der Waals surface area contributed by atoms with Gasteiger partial charge in [0.05, 0.1) is 6.54 Å². The van der Waals surface area contributed by atoms with Crippen LogP contribution in [0.15, 0.2) is 0 Å². The second kappa shape index (κ2) is 3.64. The van der Waals surface area contributed by atoms with E-state index in [0.717, 1.165) is 0 Å². The van der Waals surface area contributed by atoms with E-state index in [-0.39, 0.29) is 12.5 Å². The van der Waals surface area contributed by atoms with Crippen LogP contribution in [0.3, 0.4) is 0 Å². The third kappa shape index (κ3) is 2.28. The van der Waals surface area contributed by atoms with Gasteiger partial charge in [0.2, 0.25) is 11.8 Å². The third-order valence-corrected chi connectivity index (χ3v) is 2.76. The van der Waals surface area contributed by atoms with Crippen LogP contribution >= 0.6 is 0 Å². The quantitative estimate of drug-likeness (QED) is 0.749. The largest absolute Gasteiger partial charge is 0.406 e. The van der Waals surface area contributed by atoms with Crippen LogP contribution in [-0.4, -0.2) is 42.0 Å². The van der Waals surface area contributed by atoms with Crippen molar-refractivity contribution in [3.63, 3.8) is 0 Å². The Balaban J connectivity index is 2.15. The molecule has 0 spiro atoms. The Bertz CT molecular complexity index is 325. The van der Waals surface area contributed by atoms with Crippen LogP contribution in [0.25, 0.3) is 0 Å². The van der Waals surface area contributed by atoms with E-state index in [1.807, 2.05) is 0 Å². The summed E-state index contributed by atoms with van der Waals surface area (Å²) in [6, 6.07) is -0.928. The molecule has 0 radical (unpaired) electrons. The van der Waals surface area contributed by atoms with E-state index in [9.17, 15) is 22.8 Å². The number of hydrogen-bond acceptors (Lipinski definition) is 2. The molecule has 0 aromatic heterocycles. The van der Waals surface area contributed by atoms with Gasteiger partial charge >= 0.3 is 6.18 Å². The second-order valence-corrected chi connectivity index (χ2v) is 4.14. The molecule has 2 amide bonds. The molecule has 1 aliphatic heterocycles. The van der Waals surface area contributed by atoms with Gasteiger partial charge < -0.3 is 10.2 Å². The predicted molar refractivity (Wildman–Crippen MR) is 47.3 cm³/mol. The minimum atomic E-state index is -4.46. The first-order chi connectivity index (χ1) is 7.38. The van der Waals surface area contributed by atoms with Crippen molar-refractivity contribution in [3.8, 4) is 0 Å². The topological polar surface area (TPSA) is 49.4 Å². The van der Waals surface area contributed by atoms with Crippen LogP contribution in [0.4, 0.5) is 13.2 Å². The summed E-state index contributed by atoms with van der Waals surface area (Å²) in [6.07, 6.45) is -3.04. The van der Waals surface area contributed by atoms with Gasteiger partial charge in [-0.2, -0.15) is 13.2 Å². The van der Waals surface area contributed by atoms with Gasteiger partial charge in [-0.1, -0.05) is 0 Å². The van der Waals surface area contributed by atoms with E-state index in [4.69, 9.17) is 0 Å². The molecule has 1 saturated carbocycles. The average Bonchev–Trinajstić information content (AvgIpc) is 2.93. The molecular weight excluding hydrogens is 225 g/mol. The van der Waals surface area contributed by atoms with E-state index in [1.54, 1.807) is 0 Å². The molecule has 1 N–H and O–H groups in total. The summed E-state index contributed by atoms with van der Waals surface area (Å²) in [7, 11) is 0. The summed E-state index contributed by atoms with van der Waals surface area (Å²) in [6.45, 7) is -1.67. The summed E-state index contributed by atoms with van der Waals surface area (Å²) in [5.74, 6) is -1.23. The lowest BCUT2D eigenvalue weighted by Crippen LogP contribution is -2.61. The average molecular weight is 236 g/mol. The van der Waals surface area contributed by atoms with Gasteiger partial charge in [-0.3, -0.25) is 9.59 Å². The molecule has 0 bridgehead atoms. The van der Waals surface area contributed by atoms with Crippen LogP contribution in [0, 0.1) is 5.92 Å².